The second-order valence-corrected chi connectivity index (χ2v) is 8.97. The van der Waals surface area contributed by atoms with Crippen molar-refractivity contribution in [3.8, 4) is 0 Å². The predicted molar refractivity (Wildman–Crippen MR) is 103 cm³/mol. The number of guanidine groups is 1. The first-order chi connectivity index (χ1) is 11.6. The summed E-state index contributed by atoms with van der Waals surface area (Å²) in [6, 6.07) is 0. The number of nitrogens with one attached hydrogen (secondary N) is 2. The zero-order chi connectivity index (χ0) is 18.7. The van der Waals surface area contributed by atoms with Crippen LogP contribution in [0.25, 0.3) is 0 Å². The fraction of sp³-hybridized carbons (Fsp3) is 0.611. The van der Waals surface area contributed by atoms with Crippen LogP contribution in [0.5, 0.6) is 0 Å². The molecular weight excluding hydrogens is 334 g/mol. The maximum atomic E-state index is 5.78. The van der Waals surface area contributed by atoms with Crippen LogP contribution in [0.3, 0.4) is 0 Å². The molecule has 25 heavy (non-hydrogen) atoms. The highest BCUT2D eigenvalue weighted by Crippen LogP contribution is 2.24. The average molecular weight is 364 g/mol. The minimum Gasteiger partial charge on any atom is -0.443 e. The van der Waals surface area contributed by atoms with Crippen LogP contribution < -0.4 is 10.6 Å². The molecule has 0 saturated carbocycles. The van der Waals surface area contributed by atoms with Crippen molar-refractivity contribution in [1.82, 2.24) is 20.6 Å². The molecule has 0 aromatic carbocycles. The minimum atomic E-state index is -0.0409. The van der Waals surface area contributed by atoms with Gasteiger partial charge in [0.1, 0.15) is 10.8 Å². The van der Waals surface area contributed by atoms with E-state index in [0.29, 0.717) is 24.9 Å². The van der Waals surface area contributed by atoms with Gasteiger partial charge in [0.05, 0.1) is 25.0 Å². The van der Waals surface area contributed by atoms with E-state index in [-0.39, 0.29) is 10.8 Å². The van der Waals surface area contributed by atoms with Gasteiger partial charge in [0.15, 0.2) is 5.96 Å². The summed E-state index contributed by atoms with van der Waals surface area (Å²) in [6.07, 6.45) is 1.79. The Kier molecular flexibility index (Phi) is 5.87. The molecule has 0 atom stereocenters. The molecule has 0 saturated heterocycles. The van der Waals surface area contributed by atoms with Crippen molar-refractivity contribution in [2.24, 2.45) is 4.99 Å². The highest BCUT2D eigenvalue weighted by atomic mass is 32.1. The number of aromatic nitrogens is 2. The summed E-state index contributed by atoms with van der Waals surface area (Å²) in [4.78, 5) is 13.2. The molecule has 0 aliphatic rings. The molecular formula is C18H29N5OS. The van der Waals surface area contributed by atoms with Crippen LogP contribution in [0.2, 0.25) is 0 Å². The normalized spacial score (nSPS) is 13.2. The first-order valence-corrected chi connectivity index (χ1v) is 9.32. The van der Waals surface area contributed by atoms with Crippen molar-refractivity contribution in [1.29, 1.82) is 0 Å². The van der Waals surface area contributed by atoms with Crippen molar-refractivity contribution in [2.75, 3.05) is 7.05 Å². The summed E-state index contributed by atoms with van der Waals surface area (Å²) in [5, 5.41) is 9.65. The zero-order valence-electron chi connectivity index (χ0n) is 16.2. The van der Waals surface area contributed by atoms with Gasteiger partial charge in [0, 0.05) is 23.3 Å². The Labute approximate surface area is 154 Å². The maximum Gasteiger partial charge on any atom is 0.213 e. The van der Waals surface area contributed by atoms with E-state index in [1.807, 2.05) is 0 Å². The average Bonchev–Trinajstić information content (AvgIpc) is 3.15. The van der Waals surface area contributed by atoms with E-state index >= 15 is 0 Å². The standard InChI is InChI=1S/C18H29N5OS/c1-17(2,3)12-11-25-15(23-12)10-22-16(19-7)21-9-14-20-8-13(24-14)18(4,5)6/h8,11H,9-10H2,1-7H3,(H2,19,21,22). The minimum absolute atomic E-state index is 0.0409. The number of rotatable bonds is 4. The second-order valence-electron chi connectivity index (χ2n) is 8.02. The second kappa shape index (κ2) is 7.56. The largest absolute Gasteiger partial charge is 0.443 e. The molecule has 0 aliphatic carbocycles. The summed E-state index contributed by atoms with van der Waals surface area (Å²) in [6.45, 7) is 13.9. The molecule has 0 radical (unpaired) electrons. The molecule has 7 heteroatoms. The fourth-order valence-corrected chi connectivity index (χ4v) is 2.98. The fourth-order valence-electron chi connectivity index (χ4n) is 2.01. The Hall–Kier alpha value is -1.89. The quantitative estimate of drug-likeness (QED) is 0.641. The molecule has 0 amide bonds. The van der Waals surface area contributed by atoms with Crippen LogP contribution in [0.1, 0.15) is 63.9 Å². The smallest absolute Gasteiger partial charge is 0.213 e. The van der Waals surface area contributed by atoms with Crippen molar-refractivity contribution < 1.29 is 4.42 Å². The first kappa shape index (κ1) is 19.4. The molecule has 0 spiro atoms. The van der Waals surface area contributed by atoms with E-state index < -0.39 is 0 Å². The van der Waals surface area contributed by atoms with Crippen LogP contribution in [0.15, 0.2) is 21.0 Å². The number of thiazole rings is 1. The van der Waals surface area contributed by atoms with Crippen LogP contribution in [-0.2, 0) is 23.9 Å². The van der Waals surface area contributed by atoms with Gasteiger partial charge in [0.2, 0.25) is 5.89 Å². The number of oxazole rings is 1. The SMILES string of the molecule is CN=C(NCc1ncc(C(C)(C)C)o1)NCc1nc(C(C)(C)C)cs1. The Morgan fingerprint density at radius 2 is 1.80 bits per heavy atom. The van der Waals surface area contributed by atoms with Gasteiger partial charge in [0.25, 0.3) is 0 Å². The molecule has 0 aliphatic heterocycles. The Morgan fingerprint density at radius 1 is 1.12 bits per heavy atom. The molecule has 0 unspecified atom stereocenters. The lowest BCUT2D eigenvalue weighted by atomic mass is 9.93. The molecule has 0 bridgehead atoms. The van der Waals surface area contributed by atoms with Gasteiger partial charge in [-0.3, -0.25) is 4.99 Å². The van der Waals surface area contributed by atoms with Gasteiger partial charge < -0.3 is 15.1 Å². The Balaban J connectivity index is 1.87. The maximum absolute atomic E-state index is 5.78. The molecule has 2 heterocycles. The molecule has 2 aromatic rings. The lowest BCUT2D eigenvalue weighted by molar-refractivity contribution is 0.379. The highest BCUT2D eigenvalue weighted by Gasteiger charge is 2.19. The Morgan fingerprint density at radius 3 is 2.32 bits per heavy atom. The van der Waals surface area contributed by atoms with E-state index in [9.17, 15) is 0 Å². The van der Waals surface area contributed by atoms with Crippen LogP contribution >= 0.6 is 11.3 Å². The van der Waals surface area contributed by atoms with Crippen LogP contribution in [0, 0.1) is 0 Å². The third-order valence-corrected chi connectivity index (χ3v) is 4.50. The van der Waals surface area contributed by atoms with E-state index in [4.69, 9.17) is 4.42 Å². The Bertz CT molecular complexity index is 660. The van der Waals surface area contributed by atoms with Gasteiger partial charge in [-0.1, -0.05) is 41.5 Å². The van der Waals surface area contributed by atoms with Gasteiger partial charge in [-0.15, -0.1) is 11.3 Å². The van der Waals surface area contributed by atoms with Gasteiger partial charge >= 0.3 is 0 Å². The molecule has 2 rings (SSSR count). The summed E-state index contributed by atoms with van der Waals surface area (Å²) in [7, 11) is 1.74. The summed E-state index contributed by atoms with van der Waals surface area (Å²) < 4.78 is 5.78. The summed E-state index contributed by atoms with van der Waals surface area (Å²) >= 11 is 1.66. The van der Waals surface area contributed by atoms with Gasteiger partial charge in [-0.25, -0.2) is 9.97 Å². The zero-order valence-corrected chi connectivity index (χ0v) is 17.0. The summed E-state index contributed by atoms with van der Waals surface area (Å²) in [5.41, 5.74) is 1.15. The van der Waals surface area contributed by atoms with Crippen molar-refractivity contribution in [3.05, 3.63) is 33.9 Å². The van der Waals surface area contributed by atoms with Gasteiger partial charge in [-0.2, -0.15) is 0 Å². The first-order valence-electron chi connectivity index (χ1n) is 8.44. The van der Waals surface area contributed by atoms with Crippen molar-refractivity contribution in [2.45, 2.75) is 65.5 Å². The predicted octanol–water partition coefficient (Wildman–Crippen LogP) is 3.59. The number of nitrogens with zero attached hydrogens (tertiary/aromatic N) is 3. The van der Waals surface area contributed by atoms with E-state index in [0.717, 1.165) is 16.5 Å². The monoisotopic (exact) mass is 363 g/mol. The molecule has 0 fully saturated rings. The van der Waals surface area contributed by atoms with E-state index in [1.54, 1.807) is 24.6 Å². The van der Waals surface area contributed by atoms with Crippen molar-refractivity contribution in [3.63, 3.8) is 0 Å². The van der Waals surface area contributed by atoms with Crippen LogP contribution in [-0.4, -0.2) is 23.0 Å². The molecule has 6 nitrogen and oxygen atoms in total. The van der Waals surface area contributed by atoms with Crippen molar-refractivity contribution >= 4 is 17.3 Å². The molecule has 2 N–H and O–H groups in total. The van der Waals surface area contributed by atoms with Gasteiger partial charge in [-0.05, 0) is 0 Å². The molecule has 2 aromatic heterocycles. The van der Waals surface area contributed by atoms with E-state index in [1.165, 1.54) is 0 Å². The van der Waals surface area contributed by atoms with Crippen LogP contribution in [0.4, 0.5) is 0 Å². The molecule has 138 valence electrons. The highest BCUT2D eigenvalue weighted by molar-refractivity contribution is 7.09. The third-order valence-electron chi connectivity index (χ3n) is 3.65. The topological polar surface area (TPSA) is 75.3 Å². The summed E-state index contributed by atoms with van der Waals surface area (Å²) in [5.74, 6) is 2.23. The lowest BCUT2D eigenvalue weighted by Gasteiger charge is -2.14. The van der Waals surface area contributed by atoms with E-state index in [2.05, 4.69) is 72.5 Å². The third kappa shape index (κ3) is 5.56. The number of aliphatic imine (C=N–C) groups is 1. The number of hydrogen-bond acceptors (Lipinski definition) is 5. The lowest BCUT2D eigenvalue weighted by Crippen LogP contribution is -2.36. The number of hydrogen-bond donors (Lipinski definition) is 2.